The third-order valence-electron chi connectivity index (χ3n) is 5.48. The van der Waals surface area contributed by atoms with E-state index < -0.39 is 11.6 Å². The number of likely N-dealkylation sites (tertiary alicyclic amines) is 1. The number of hydrogen-bond acceptors (Lipinski definition) is 7. The van der Waals surface area contributed by atoms with Crippen LogP contribution in [-0.2, 0) is 19.1 Å². The lowest BCUT2D eigenvalue weighted by Crippen LogP contribution is -2.47. The number of ether oxygens (including phenoxy) is 1. The number of nitrogens with zero attached hydrogens (tertiary/aromatic N) is 1. The summed E-state index contributed by atoms with van der Waals surface area (Å²) < 4.78 is 19.1. The van der Waals surface area contributed by atoms with Gasteiger partial charge in [-0.15, -0.1) is 0 Å². The molecule has 31 heavy (non-hydrogen) atoms. The fourth-order valence-electron chi connectivity index (χ4n) is 4.02. The highest BCUT2D eigenvalue weighted by molar-refractivity contribution is 7.94. The second kappa shape index (κ2) is 9.99. The van der Waals surface area contributed by atoms with E-state index in [9.17, 15) is 18.3 Å². The zero-order chi connectivity index (χ0) is 22.6. The van der Waals surface area contributed by atoms with E-state index in [1.165, 1.54) is 0 Å². The maximum Gasteiger partial charge on any atom is 0.320 e. The largest absolute Gasteiger partial charge is 0.459 e. The Bertz CT molecular complexity index is 835. The van der Waals surface area contributed by atoms with E-state index in [0.717, 1.165) is 31.5 Å². The Morgan fingerprint density at radius 1 is 1.26 bits per heavy atom. The summed E-state index contributed by atoms with van der Waals surface area (Å²) in [5, 5.41) is 5.41. The fraction of sp³-hybridized carbons (Fsp3) is 0.591. The molecular weight excluding hydrogens is 421 g/mol. The highest BCUT2D eigenvalue weighted by atomic mass is 32.2. The van der Waals surface area contributed by atoms with E-state index >= 15 is 0 Å². The molecule has 0 saturated carbocycles. The van der Waals surface area contributed by atoms with Crippen LogP contribution >= 0.6 is 12.1 Å². The number of rotatable bonds is 6. The summed E-state index contributed by atoms with van der Waals surface area (Å²) in [4.78, 5) is 37.9. The van der Waals surface area contributed by atoms with Gasteiger partial charge in [0.2, 0.25) is 11.8 Å². The predicted molar refractivity (Wildman–Crippen MR) is 117 cm³/mol. The molecule has 2 saturated heterocycles. The minimum Gasteiger partial charge on any atom is -0.459 e. The van der Waals surface area contributed by atoms with Crippen LogP contribution in [-0.4, -0.2) is 54.0 Å². The third kappa shape index (κ3) is 6.67. The number of carbonyl (C=O) groups excluding carboxylic acids is 3. The molecule has 2 N–H and O–H groups in total. The Morgan fingerprint density at radius 3 is 2.58 bits per heavy atom. The molecule has 1 aromatic carbocycles. The molecular formula is C22H30FN3O4S. The lowest BCUT2D eigenvalue weighted by molar-refractivity contribution is -0.156. The number of halogens is 1. The van der Waals surface area contributed by atoms with Crippen molar-refractivity contribution in [3.63, 3.8) is 0 Å². The van der Waals surface area contributed by atoms with Gasteiger partial charge >= 0.3 is 5.97 Å². The van der Waals surface area contributed by atoms with Crippen LogP contribution in [0.3, 0.4) is 0 Å². The van der Waals surface area contributed by atoms with Crippen molar-refractivity contribution in [3.8, 4) is 0 Å². The fourth-order valence-corrected chi connectivity index (χ4v) is 4.51. The smallest absolute Gasteiger partial charge is 0.320 e. The maximum atomic E-state index is 13.7. The average Bonchev–Trinajstić information content (AvgIpc) is 2.69. The molecule has 2 fully saturated rings. The summed E-state index contributed by atoms with van der Waals surface area (Å²) in [5.41, 5.74) is 1.10. The van der Waals surface area contributed by atoms with E-state index in [0.29, 0.717) is 17.0 Å². The molecule has 0 aliphatic carbocycles. The topological polar surface area (TPSA) is 87.7 Å². The Morgan fingerprint density at radius 2 is 1.97 bits per heavy atom. The molecule has 2 heterocycles. The van der Waals surface area contributed by atoms with Crippen LogP contribution in [0.4, 0.5) is 9.57 Å². The van der Waals surface area contributed by atoms with Crippen LogP contribution in [0.25, 0.3) is 0 Å². The normalized spacial score (nSPS) is 21.0. The first-order valence-corrected chi connectivity index (χ1v) is 11.3. The van der Waals surface area contributed by atoms with Gasteiger partial charge in [0.1, 0.15) is 11.6 Å². The summed E-state index contributed by atoms with van der Waals surface area (Å²) in [6.07, 6.45) is 2.36. The molecule has 0 bridgehead atoms. The van der Waals surface area contributed by atoms with E-state index in [2.05, 4.69) is 15.5 Å². The Kier molecular flexibility index (Phi) is 7.59. The summed E-state index contributed by atoms with van der Waals surface area (Å²) in [7, 11) is 0. The lowest BCUT2D eigenvalue weighted by Gasteiger charge is -2.33. The van der Waals surface area contributed by atoms with Gasteiger partial charge in [0.05, 0.1) is 18.7 Å². The molecule has 0 radical (unpaired) electrons. The van der Waals surface area contributed by atoms with Gasteiger partial charge in [0, 0.05) is 17.0 Å². The minimum absolute atomic E-state index is 0.202. The molecule has 3 rings (SSSR count). The van der Waals surface area contributed by atoms with E-state index in [1.807, 2.05) is 32.9 Å². The molecule has 2 aliphatic rings. The molecule has 0 aromatic heterocycles. The van der Waals surface area contributed by atoms with Crippen LogP contribution in [0.15, 0.2) is 23.1 Å². The molecule has 2 aliphatic heterocycles. The standard InChI is InChI=1S/C22H30FN3O4S/c1-22(2,3)30-20(28)13-26-10-8-14(9-11-26)16-5-4-15(12-18(16)31-23)24-17-6-7-19(27)25-21(17)29/h4-5,12,14,17,24H,6-11,13H2,1-3H3,(H,25,27,29). The second-order valence-electron chi connectivity index (χ2n) is 9.11. The van der Waals surface area contributed by atoms with Gasteiger partial charge in [-0.05, 0) is 76.7 Å². The number of carbonyl (C=O) groups is 3. The Labute approximate surface area is 186 Å². The van der Waals surface area contributed by atoms with Crippen molar-refractivity contribution in [1.29, 1.82) is 0 Å². The second-order valence-corrected chi connectivity index (χ2v) is 9.71. The van der Waals surface area contributed by atoms with Crippen LogP contribution < -0.4 is 10.6 Å². The molecule has 7 nitrogen and oxygen atoms in total. The van der Waals surface area contributed by atoms with E-state index in [4.69, 9.17) is 4.74 Å². The highest BCUT2D eigenvalue weighted by Crippen LogP contribution is 2.37. The van der Waals surface area contributed by atoms with Crippen molar-refractivity contribution >= 4 is 35.6 Å². The molecule has 2 amide bonds. The molecule has 170 valence electrons. The van der Waals surface area contributed by atoms with Crippen LogP contribution in [0.2, 0.25) is 0 Å². The maximum absolute atomic E-state index is 13.7. The number of amides is 2. The van der Waals surface area contributed by atoms with Gasteiger partial charge in [-0.3, -0.25) is 24.6 Å². The summed E-state index contributed by atoms with van der Waals surface area (Å²) in [6, 6.07) is 4.98. The monoisotopic (exact) mass is 451 g/mol. The van der Waals surface area contributed by atoms with E-state index in [1.54, 1.807) is 6.07 Å². The van der Waals surface area contributed by atoms with Crippen LogP contribution in [0.1, 0.15) is 57.9 Å². The summed E-state index contributed by atoms with van der Waals surface area (Å²) >= 11 is 0.202. The lowest BCUT2D eigenvalue weighted by atomic mass is 9.89. The first-order chi connectivity index (χ1) is 14.6. The van der Waals surface area contributed by atoms with Gasteiger partial charge in [-0.2, -0.15) is 3.89 Å². The number of nitrogens with one attached hydrogen (secondary N) is 2. The van der Waals surface area contributed by atoms with Crippen LogP contribution in [0, 0.1) is 0 Å². The van der Waals surface area contributed by atoms with Gasteiger partial charge in [-0.25, -0.2) is 0 Å². The van der Waals surface area contributed by atoms with Crippen LogP contribution in [0.5, 0.6) is 0 Å². The summed E-state index contributed by atoms with van der Waals surface area (Å²) in [6.45, 7) is 7.32. The third-order valence-corrected chi connectivity index (χ3v) is 6.00. The Hall–Kier alpha value is -2.13. The van der Waals surface area contributed by atoms with Crippen molar-refractivity contribution < 1.29 is 23.0 Å². The summed E-state index contributed by atoms with van der Waals surface area (Å²) in [5.74, 6) is -0.642. The molecule has 1 unspecified atom stereocenters. The van der Waals surface area contributed by atoms with Crippen molar-refractivity contribution in [2.45, 2.75) is 68.9 Å². The zero-order valence-electron chi connectivity index (χ0n) is 18.2. The quantitative estimate of drug-likeness (QED) is 0.506. The number of hydrogen-bond donors (Lipinski definition) is 2. The Balaban J connectivity index is 1.58. The highest BCUT2D eigenvalue weighted by Gasteiger charge is 2.28. The van der Waals surface area contributed by atoms with Gasteiger partial charge in [0.25, 0.3) is 0 Å². The first kappa shape index (κ1) is 23.5. The van der Waals surface area contributed by atoms with Crippen molar-refractivity contribution in [2.24, 2.45) is 0 Å². The predicted octanol–water partition coefficient (Wildman–Crippen LogP) is 3.40. The molecule has 0 spiro atoms. The molecule has 9 heteroatoms. The van der Waals surface area contributed by atoms with Gasteiger partial charge in [-0.1, -0.05) is 6.07 Å². The van der Waals surface area contributed by atoms with E-state index in [-0.39, 0.29) is 48.8 Å². The number of piperidine rings is 2. The molecule has 1 atom stereocenters. The zero-order valence-corrected chi connectivity index (χ0v) is 19.0. The van der Waals surface area contributed by atoms with Gasteiger partial charge in [0.15, 0.2) is 0 Å². The number of benzene rings is 1. The van der Waals surface area contributed by atoms with Crippen molar-refractivity contribution in [1.82, 2.24) is 10.2 Å². The SMILES string of the molecule is CC(C)(C)OC(=O)CN1CCC(c2ccc(NC3CCC(=O)NC3=O)cc2SF)CC1. The number of esters is 1. The van der Waals surface area contributed by atoms with Crippen molar-refractivity contribution in [2.75, 3.05) is 25.0 Å². The average molecular weight is 452 g/mol. The number of imide groups is 1. The van der Waals surface area contributed by atoms with Crippen molar-refractivity contribution in [3.05, 3.63) is 23.8 Å². The van der Waals surface area contributed by atoms with Gasteiger partial charge < -0.3 is 10.1 Å². The molecule has 1 aromatic rings. The number of anilines is 1. The minimum atomic E-state index is -0.503. The first-order valence-electron chi connectivity index (χ1n) is 10.6.